The summed E-state index contributed by atoms with van der Waals surface area (Å²) in [5.41, 5.74) is 1.57. The molecule has 112 valence electrons. The number of phenolic OH excluding ortho intramolecular Hbond substituents is 1. The van der Waals surface area contributed by atoms with Crippen LogP contribution in [0.4, 0.5) is 8.78 Å². The average molecular weight is 291 g/mol. The Hall–Kier alpha value is -1.94. The fraction of sp³-hybridized carbons (Fsp3) is 0.294. The molecular weight excluding hydrogens is 272 g/mol. The Bertz CT molecular complexity index is 588. The third-order valence-electron chi connectivity index (χ3n) is 3.53. The third kappa shape index (κ3) is 3.79. The van der Waals surface area contributed by atoms with Crippen LogP contribution in [0.1, 0.15) is 25.0 Å². The number of halogens is 2. The van der Waals surface area contributed by atoms with Gasteiger partial charge in [0.25, 0.3) is 0 Å². The van der Waals surface area contributed by atoms with E-state index in [9.17, 15) is 8.78 Å². The van der Waals surface area contributed by atoms with E-state index >= 15 is 0 Å². The normalized spacial score (nSPS) is 11.6. The third-order valence-corrected chi connectivity index (χ3v) is 3.53. The summed E-state index contributed by atoms with van der Waals surface area (Å²) in [6.07, 6.45) is 0. The minimum Gasteiger partial charge on any atom is -0.503 e. The van der Waals surface area contributed by atoms with Crippen molar-refractivity contribution < 1.29 is 13.9 Å². The first-order valence-electron chi connectivity index (χ1n) is 6.83. The summed E-state index contributed by atoms with van der Waals surface area (Å²) in [5.74, 6) is -2.80. The summed E-state index contributed by atoms with van der Waals surface area (Å²) in [6.45, 7) is 5.21. The summed E-state index contributed by atoms with van der Waals surface area (Å²) in [5, 5.41) is 12.3. The molecule has 0 aliphatic carbocycles. The van der Waals surface area contributed by atoms with Gasteiger partial charge in [0.1, 0.15) is 0 Å². The van der Waals surface area contributed by atoms with Gasteiger partial charge in [-0.1, -0.05) is 44.2 Å². The van der Waals surface area contributed by atoms with E-state index in [4.69, 9.17) is 5.11 Å². The highest BCUT2D eigenvalue weighted by molar-refractivity contribution is 5.30. The maximum absolute atomic E-state index is 13.2. The van der Waals surface area contributed by atoms with E-state index in [1.165, 1.54) is 5.56 Å². The van der Waals surface area contributed by atoms with Crippen LogP contribution in [0, 0.1) is 11.6 Å². The number of aromatic hydroxyl groups is 1. The standard InChI is InChI=1S/C17H19F2NO/c1-17(2,13-6-4-3-5-7-13)11-20-10-12-8-14(18)16(21)15(19)9-12/h3-9,20-21H,10-11H2,1-2H3. The van der Waals surface area contributed by atoms with Crippen molar-refractivity contribution in [2.75, 3.05) is 6.54 Å². The van der Waals surface area contributed by atoms with Gasteiger partial charge in [-0.05, 0) is 23.3 Å². The lowest BCUT2D eigenvalue weighted by atomic mass is 9.84. The van der Waals surface area contributed by atoms with Crippen LogP contribution in [0.25, 0.3) is 0 Å². The fourth-order valence-corrected chi connectivity index (χ4v) is 2.23. The molecule has 2 aromatic carbocycles. The van der Waals surface area contributed by atoms with Gasteiger partial charge in [0.15, 0.2) is 17.4 Å². The Balaban J connectivity index is 1.98. The molecular formula is C17H19F2NO. The van der Waals surface area contributed by atoms with Gasteiger partial charge in [-0.3, -0.25) is 0 Å². The second kappa shape index (κ2) is 6.22. The minimum absolute atomic E-state index is 0.0880. The van der Waals surface area contributed by atoms with Crippen LogP contribution in [-0.2, 0) is 12.0 Å². The van der Waals surface area contributed by atoms with Crippen molar-refractivity contribution in [1.82, 2.24) is 5.32 Å². The zero-order chi connectivity index (χ0) is 15.5. The van der Waals surface area contributed by atoms with Crippen molar-refractivity contribution >= 4 is 0 Å². The highest BCUT2D eigenvalue weighted by Gasteiger charge is 2.19. The molecule has 0 spiro atoms. The van der Waals surface area contributed by atoms with Crippen molar-refractivity contribution in [2.24, 2.45) is 0 Å². The topological polar surface area (TPSA) is 32.3 Å². The largest absolute Gasteiger partial charge is 0.503 e. The summed E-state index contributed by atoms with van der Waals surface area (Å²) in [7, 11) is 0. The van der Waals surface area contributed by atoms with Crippen molar-refractivity contribution in [2.45, 2.75) is 25.8 Å². The molecule has 0 unspecified atom stereocenters. The van der Waals surface area contributed by atoms with Gasteiger partial charge in [0.05, 0.1) is 0 Å². The van der Waals surface area contributed by atoms with Crippen molar-refractivity contribution in [3.05, 3.63) is 65.2 Å². The Morgan fingerprint density at radius 1 is 1.05 bits per heavy atom. The second-order valence-electron chi connectivity index (χ2n) is 5.76. The Morgan fingerprint density at radius 3 is 2.19 bits per heavy atom. The van der Waals surface area contributed by atoms with Crippen LogP contribution in [0.5, 0.6) is 5.75 Å². The van der Waals surface area contributed by atoms with Gasteiger partial charge in [0.2, 0.25) is 0 Å². The van der Waals surface area contributed by atoms with E-state index in [0.717, 1.165) is 12.1 Å². The van der Waals surface area contributed by atoms with Gasteiger partial charge >= 0.3 is 0 Å². The molecule has 21 heavy (non-hydrogen) atoms. The zero-order valence-electron chi connectivity index (χ0n) is 12.2. The molecule has 0 bridgehead atoms. The minimum atomic E-state index is -0.936. The van der Waals surface area contributed by atoms with Crippen LogP contribution in [0.3, 0.4) is 0 Å². The van der Waals surface area contributed by atoms with Crippen molar-refractivity contribution in [3.63, 3.8) is 0 Å². The summed E-state index contributed by atoms with van der Waals surface area (Å²) in [4.78, 5) is 0. The monoisotopic (exact) mass is 291 g/mol. The lowest BCUT2D eigenvalue weighted by Gasteiger charge is -2.25. The lowest BCUT2D eigenvalue weighted by molar-refractivity contribution is 0.394. The second-order valence-corrected chi connectivity index (χ2v) is 5.76. The van der Waals surface area contributed by atoms with Gasteiger partial charge < -0.3 is 10.4 Å². The number of benzene rings is 2. The zero-order valence-corrected chi connectivity index (χ0v) is 12.2. The molecule has 0 saturated heterocycles. The quantitative estimate of drug-likeness (QED) is 0.879. The number of rotatable bonds is 5. The van der Waals surface area contributed by atoms with Crippen molar-refractivity contribution in [3.8, 4) is 5.75 Å². The molecule has 0 amide bonds. The Labute approximate surface area is 123 Å². The Morgan fingerprint density at radius 2 is 1.62 bits per heavy atom. The number of hydrogen-bond acceptors (Lipinski definition) is 2. The summed E-state index contributed by atoms with van der Waals surface area (Å²) in [6, 6.07) is 12.3. The van der Waals surface area contributed by atoms with Gasteiger partial charge in [0, 0.05) is 18.5 Å². The van der Waals surface area contributed by atoms with E-state index in [1.54, 1.807) is 0 Å². The van der Waals surface area contributed by atoms with Crippen LogP contribution in [0.2, 0.25) is 0 Å². The molecule has 2 aromatic rings. The SMILES string of the molecule is CC(C)(CNCc1cc(F)c(O)c(F)c1)c1ccccc1. The van der Waals surface area contributed by atoms with Crippen LogP contribution in [0.15, 0.2) is 42.5 Å². The van der Waals surface area contributed by atoms with Crippen LogP contribution >= 0.6 is 0 Å². The number of hydrogen-bond donors (Lipinski definition) is 2. The van der Waals surface area contributed by atoms with E-state index in [-0.39, 0.29) is 5.41 Å². The van der Waals surface area contributed by atoms with Crippen LogP contribution in [-0.4, -0.2) is 11.7 Å². The molecule has 0 radical (unpaired) electrons. The van der Waals surface area contributed by atoms with E-state index in [0.29, 0.717) is 18.7 Å². The fourth-order valence-electron chi connectivity index (χ4n) is 2.23. The number of nitrogens with one attached hydrogen (secondary N) is 1. The molecule has 2 rings (SSSR count). The summed E-state index contributed by atoms with van der Waals surface area (Å²) < 4.78 is 26.5. The van der Waals surface area contributed by atoms with E-state index in [1.807, 2.05) is 18.2 Å². The van der Waals surface area contributed by atoms with E-state index in [2.05, 4.69) is 31.3 Å². The molecule has 2 N–H and O–H groups in total. The maximum Gasteiger partial charge on any atom is 0.187 e. The first kappa shape index (κ1) is 15.4. The summed E-state index contributed by atoms with van der Waals surface area (Å²) >= 11 is 0. The molecule has 0 atom stereocenters. The molecule has 4 heteroatoms. The van der Waals surface area contributed by atoms with E-state index < -0.39 is 17.4 Å². The highest BCUT2D eigenvalue weighted by Crippen LogP contribution is 2.23. The smallest absolute Gasteiger partial charge is 0.187 e. The number of phenols is 1. The predicted molar refractivity (Wildman–Crippen MR) is 79.2 cm³/mol. The molecule has 0 heterocycles. The molecule has 0 saturated carbocycles. The van der Waals surface area contributed by atoms with Gasteiger partial charge in [-0.2, -0.15) is 0 Å². The first-order chi connectivity index (χ1) is 9.90. The highest BCUT2D eigenvalue weighted by atomic mass is 19.1. The van der Waals surface area contributed by atoms with Crippen molar-refractivity contribution in [1.29, 1.82) is 0 Å². The lowest BCUT2D eigenvalue weighted by Crippen LogP contribution is -2.32. The molecule has 0 aliphatic rings. The van der Waals surface area contributed by atoms with Gasteiger partial charge in [-0.25, -0.2) is 8.78 Å². The van der Waals surface area contributed by atoms with Crippen LogP contribution < -0.4 is 5.32 Å². The Kier molecular flexibility index (Phi) is 4.58. The molecule has 0 fully saturated rings. The predicted octanol–water partition coefficient (Wildman–Crippen LogP) is 3.74. The molecule has 0 aliphatic heterocycles. The maximum atomic E-state index is 13.2. The first-order valence-corrected chi connectivity index (χ1v) is 6.83. The molecule has 2 nitrogen and oxygen atoms in total. The molecule has 0 aromatic heterocycles. The van der Waals surface area contributed by atoms with Gasteiger partial charge in [-0.15, -0.1) is 0 Å². The average Bonchev–Trinajstić information content (AvgIpc) is 2.45.